The van der Waals surface area contributed by atoms with Crippen LogP contribution in [0.15, 0.2) is 36.5 Å². The fraction of sp³-hybridized carbons (Fsp3) is 0.188. The number of aldehydes is 1. The Hall–Kier alpha value is -2.49. The van der Waals surface area contributed by atoms with E-state index in [4.69, 9.17) is 0 Å². The average Bonchev–Trinajstić information content (AvgIpc) is 2.90. The molecule has 0 spiro atoms. The number of pyridine rings is 1. The lowest BCUT2D eigenvalue weighted by atomic mass is 10.1. The van der Waals surface area contributed by atoms with Crippen LogP contribution < -0.4 is 0 Å². The SMILES string of the molecule is CCc1ccc(-c2nnc3c(C=O)cc(C)cn23)cc1. The Morgan fingerprint density at radius 3 is 2.60 bits per heavy atom. The van der Waals surface area contributed by atoms with Crippen LogP contribution in [0.1, 0.15) is 28.4 Å². The molecule has 3 rings (SSSR count). The van der Waals surface area contributed by atoms with E-state index < -0.39 is 0 Å². The average molecular weight is 265 g/mol. The maximum absolute atomic E-state index is 11.1. The third-order valence-corrected chi connectivity index (χ3v) is 3.42. The smallest absolute Gasteiger partial charge is 0.171 e. The number of hydrogen-bond acceptors (Lipinski definition) is 3. The molecule has 0 fully saturated rings. The van der Waals surface area contributed by atoms with E-state index in [0.29, 0.717) is 11.2 Å². The van der Waals surface area contributed by atoms with Gasteiger partial charge in [0.05, 0.1) is 5.56 Å². The summed E-state index contributed by atoms with van der Waals surface area (Å²) in [7, 11) is 0. The van der Waals surface area contributed by atoms with Gasteiger partial charge >= 0.3 is 0 Å². The summed E-state index contributed by atoms with van der Waals surface area (Å²) >= 11 is 0. The molecule has 0 radical (unpaired) electrons. The number of aromatic nitrogens is 3. The van der Waals surface area contributed by atoms with Gasteiger partial charge < -0.3 is 0 Å². The summed E-state index contributed by atoms with van der Waals surface area (Å²) in [5.41, 5.74) is 4.45. The van der Waals surface area contributed by atoms with Gasteiger partial charge in [0.15, 0.2) is 17.8 Å². The second-order valence-electron chi connectivity index (χ2n) is 4.86. The fourth-order valence-corrected chi connectivity index (χ4v) is 2.33. The molecule has 0 atom stereocenters. The minimum Gasteiger partial charge on any atom is -0.298 e. The highest BCUT2D eigenvalue weighted by Crippen LogP contribution is 2.21. The Balaban J connectivity index is 2.20. The maximum Gasteiger partial charge on any atom is 0.171 e. The van der Waals surface area contributed by atoms with Crippen LogP contribution in [0, 0.1) is 6.92 Å². The van der Waals surface area contributed by atoms with Crippen LogP contribution in [0.25, 0.3) is 17.0 Å². The summed E-state index contributed by atoms with van der Waals surface area (Å²) in [6.07, 6.45) is 3.78. The van der Waals surface area contributed by atoms with Crippen molar-refractivity contribution in [1.29, 1.82) is 0 Å². The molecule has 0 bridgehead atoms. The molecule has 3 aromatic rings. The van der Waals surface area contributed by atoms with Gasteiger partial charge in [-0.3, -0.25) is 9.20 Å². The second kappa shape index (κ2) is 4.89. The van der Waals surface area contributed by atoms with Gasteiger partial charge in [0.1, 0.15) is 0 Å². The van der Waals surface area contributed by atoms with Crippen molar-refractivity contribution in [3.63, 3.8) is 0 Å². The van der Waals surface area contributed by atoms with Crippen LogP contribution in [-0.4, -0.2) is 20.9 Å². The number of fused-ring (bicyclic) bond motifs is 1. The molecule has 100 valence electrons. The molecule has 0 aliphatic heterocycles. The Bertz CT molecular complexity index is 772. The first kappa shape index (κ1) is 12.5. The summed E-state index contributed by atoms with van der Waals surface area (Å²) in [6.45, 7) is 4.08. The second-order valence-corrected chi connectivity index (χ2v) is 4.86. The number of carbonyl (C=O) groups is 1. The molecule has 0 saturated heterocycles. The van der Waals surface area contributed by atoms with Gasteiger partial charge in [0, 0.05) is 11.8 Å². The fourth-order valence-electron chi connectivity index (χ4n) is 2.33. The third kappa shape index (κ3) is 1.99. The number of rotatable bonds is 3. The molecule has 4 nitrogen and oxygen atoms in total. The molecule has 0 aliphatic carbocycles. The van der Waals surface area contributed by atoms with Crippen LogP contribution in [0.4, 0.5) is 0 Å². The zero-order valence-electron chi connectivity index (χ0n) is 11.5. The van der Waals surface area contributed by atoms with E-state index in [9.17, 15) is 4.79 Å². The van der Waals surface area contributed by atoms with Crippen LogP contribution >= 0.6 is 0 Å². The van der Waals surface area contributed by atoms with Crippen molar-refractivity contribution in [3.8, 4) is 11.4 Å². The lowest BCUT2D eigenvalue weighted by molar-refractivity contribution is 0.112. The zero-order valence-corrected chi connectivity index (χ0v) is 11.5. The molecular weight excluding hydrogens is 250 g/mol. The zero-order chi connectivity index (χ0) is 14.1. The van der Waals surface area contributed by atoms with E-state index in [1.165, 1.54) is 5.56 Å². The highest BCUT2D eigenvalue weighted by atomic mass is 16.1. The highest BCUT2D eigenvalue weighted by Gasteiger charge is 2.11. The van der Waals surface area contributed by atoms with E-state index in [1.807, 2.05) is 35.7 Å². The molecule has 0 amide bonds. The minimum atomic E-state index is 0.564. The van der Waals surface area contributed by atoms with Crippen molar-refractivity contribution in [3.05, 3.63) is 53.2 Å². The molecule has 0 aliphatic rings. The molecule has 2 heterocycles. The van der Waals surface area contributed by atoms with Crippen molar-refractivity contribution >= 4 is 11.9 Å². The Labute approximate surface area is 117 Å². The van der Waals surface area contributed by atoms with Gasteiger partial charge in [-0.1, -0.05) is 31.2 Å². The van der Waals surface area contributed by atoms with Crippen molar-refractivity contribution in [2.45, 2.75) is 20.3 Å². The molecular formula is C16H15N3O. The van der Waals surface area contributed by atoms with Gasteiger partial charge in [-0.25, -0.2) is 0 Å². The van der Waals surface area contributed by atoms with Crippen LogP contribution in [-0.2, 0) is 6.42 Å². The molecule has 0 N–H and O–H groups in total. The standard InChI is InChI=1S/C16H15N3O/c1-3-12-4-6-13(7-5-12)15-17-18-16-14(10-20)8-11(2)9-19(15)16/h4-10H,3H2,1-2H3. The monoisotopic (exact) mass is 265 g/mol. The minimum absolute atomic E-state index is 0.564. The Morgan fingerprint density at radius 2 is 1.95 bits per heavy atom. The third-order valence-electron chi connectivity index (χ3n) is 3.42. The van der Waals surface area contributed by atoms with E-state index >= 15 is 0 Å². The molecule has 4 heteroatoms. The lowest BCUT2D eigenvalue weighted by Gasteiger charge is -2.04. The summed E-state index contributed by atoms with van der Waals surface area (Å²) in [6, 6.07) is 10.1. The Kier molecular flexibility index (Phi) is 3.06. The summed E-state index contributed by atoms with van der Waals surface area (Å²) in [4.78, 5) is 11.1. The predicted molar refractivity (Wildman–Crippen MR) is 77.9 cm³/mol. The number of aryl methyl sites for hydroxylation is 2. The molecule has 0 unspecified atom stereocenters. The quantitative estimate of drug-likeness (QED) is 0.684. The van der Waals surface area contributed by atoms with E-state index in [0.717, 1.165) is 29.7 Å². The van der Waals surface area contributed by atoms with Gasteiger partial charge in [0.2, 0.25) is 0 Å². The number of carbonyl (C=O) groups excluding carboxylic acids is 1. The van der Waals surface area contributed by atoms with E-state index in [-0.39, 0.29) is 0 Å². The first-order valence-corrected chi connectivity index (χ1v) is 6.63. The van der Waals surface area contributed by atoms with Crippen molar-refractivity contribution in [2.24, 2.45) is 0 Å². The first-order chi connectivity index (χ1) is 9.72. The molecule has 1 aromatic carbocycles. The largest absolute Gasteiger partial charge is 0.298 e. The highest BCUT2D eigenvalue weighted by molar-refractivity contribution is 5.85. The number of benzene rings is 1. The molecule has 0 saturated carbocycles. The van der Waals surface area contributed by atoms with Crippen LogP contribution in [0.2, 0.25) is 0 Å². The molecule has 20 heavy (non-hydrogen) atoms. The van der Waals surface area contributed by atoms with Gasteiger partial charge in [0.25, 0.3) is 0 Å². The lowest BCUT2D eigenvalue weighted by Crippen LogP contribution is -1.95. The summed E-state index contributed by atoms with van der Waals surface area (Å²) in [5.74, 6) is 0.759. The number of hydrogen-bond donors (Lipinski definition) is 0. The van der Waals surface area contributed by atoms with Crippen molar-refractivity contribution < 1.29 is 4.79 Å². The van der Waals surface area contributed by atoms with Gasteiger partial charge in [-0.2, -0.15) is 0 Å². The van der Waals surface area contributed by atoms with Gasteiger partial charge in [-0.05, 0) is 30.5 Å². The van der Waals surface area contributed by atoms with Crippen LogP contribution in [0.3, 0.4) is 0 Å². The van der Waals surface area contributed by atoms with Crippen molar-refractivity contribution in [1.82, 2.24) is 14.6 Å². The van der Waals surface area contributed by atoms with E-state index in [1.54, 1.807) is 0 Å². The summed E-state index contributed by atoms with van der Waals surface area (Å²) < 4.78 is 1.88. The van der Waals surface area contributed by atoms with E-state index in [2.05, 4.69) is 29.3 Å². The normalized spacial score (nSPS) is 10.9. The van der Waals surface area contributed by atoms with Crippen LogP contribution in [0.5, 0.6) is 0 Å². The van der Waals surface area contributed by atoms with Crippen molar-refractivity contribution in [2.75, 3.05) is 0 Å². The van der Waals surface area contributed by atoms with Gasteiger partial charge in [-0.15, -0.1) is 10.2 Å². The first-order valence-electron chi connectivity index (χ1n) is 6.63. The summed E-state index contributed by atoms with van der Waals surface area (Å²) in [5, 5.41) is 8.36. The maximum atomic E-state index is 11.1. The topological polar surface area (TPSA) is 47.3 Å². The number of nitrogens with zero attached hydrogens (tertiary/aromatic N) is 3. The predicted octanol–water partition coefficient (Wildman–Crippen LogP) is 3.08. The Morgan fingerprint density at radius 1 is 1.20 bits per heavy atom. The molecule has 2 aromatic heterocycles.